The molecule has 7 rings (SSSR count). The molecule has 0 bridgehead atoms. The van der Waals surface area contributed by atoms with Crippen molar-refractivity contribution in [1.29, 1.82) is 0 Å². The van der Waals surface area contributed by atoms with Crippen LogP contribution in [0.5, 0.6) is 11.5 Å². The monoisotopic (exact) mass is 672 g/mol. The molecule has 0 unspecified atom stereocenters. The number of rotatable bonds is 9. The number of likely N-dealkylation sites (tertiary alicyclic amines) is 2. The lowest BCUT2D eigenvalue weighted by Gasteiger charge is -2.39. The van der Waals surface area contributed by atoms with Crippen LogP contribution in [0.3, 0.4) is 0 Å². The molecule has 2 amide bonds. The molecule has 2 aromatic carbocycles. The van der Waals surface area contributed by atoms with Crippen LogP contribution >= 0.6 is 11.6 Å². The highest BCUT2D eigenvalue weighted by atomic mass is 35.5. The van der Waals surface area contributed by atoms with E-state index in [1.54, 1.807) is 6.20 Å². The van der Waals surface area contributed by atoms with Crippen molar-refractivity contribution >= 4 is 47.8 Å². The first kappa shape index (κ1) is 31.6. The standard InChI is InChI=1S/C34H41ClN8O3Si/c1-23-38-27-7-6-26(18-30(27)42(23)22-45-16-17-47(2,3)4)46-31-9-8-28-33(32(31)35)39-29(20-36-28)24-19-37-43(21-24)25-10-14-41(15-11-25)34(44)40-12-5-13-40/h6-9,18-21,25H,5,10-17,22H2,1-4H3. The minimum Gasteiger partial charge on any atom is -0.456 e. The molecular formula is C34H41ClN8O3Si. The molecule has 0 saturated carbocycles. The van der Waals surface area contributed by atoms with Crippen LogP contribution in [0.2, 0.25) is 30.7 Å². The summed E-state index contributed by atoms with van der Waals surface area (Å²) in [6.45, 7) is 13.5. The summed E-state index contributed by atoms with van der Waals surface area (Å²) in [4.78, 5) is 30.7. The van der Waals surface area contributed by atoms with Crippen molar-refractivity contribution < 1.29 is 14.3 Å². The predicted octanol–water partition coefficient (Wildman–Crippen LogP) is 7.37. The number of benzene rings is 2. The molecule has 246 valence electrons. The van der Waals surface area contributed by atoms with Gasteiger partial charge in [0.25, 0.3) is 0 Å². The van der Waals surface area contributed by atoms with Crippen molar-refractivity contribution in [3.05, 3.63) is 59.8 Å². The number of aryl methyl sites for hydroxylation is 1. The van der Waals surface area contributed by atoms with Gasteiger partial charge in [0.2, 0.25) is 0 Å². The Balaban J connectivity index is 1.06. The molecule has 0 spiro atoms. The van der Waals surface area contributed by atoms with E-state index in [0.717, 1.165) is 80.5 Å². The van der Waals surface area contributed by atoms with Crippen LogP contribution in [0.1, 0.15) is 31.1 Å². The number of nitrogens with zero attached hydrogens (tertiary/aromatic N) is 8. The summed E-state index contributed by atoms with van der Waals surface area (Å²) in [6, 6.07) is 11.0. The fourth-order valence-corrected chi connectivity index (χ4v) is 7.05. The summed E-state index contributed by atoms with van der Waals surface area (Å²) in [5.74, 6) is 2.03. The highest BCUT2D eigenvalue weighted by molar-refractivity contribution is 6.76. The number of halogens is 1. The summed E-state index contributed by atoms with van der Waals surface area (Å²) in [5, 5.41) is 5.05. The average Bonchev–Trinajstić information content (AvgIpc) is 3.64. The number of imidazole rings is 1. The quantitative estimate of drug-likeness (QED) is 0.119. The zero-order valence-electron chi connectivity index (χ0n) is 27.4. The Labute approximate surface area is 280 Å². The minimum atomic E-state index is -1.17. The largest absolute Gasteiger partial charge is 0.456 e. The molecule has 0 atom stereocenters. The van der Waals surface area contributed by atoms with Crippen molar-refractivity contribution in [3.8, 4) is 22.8 Å². The Morgan fingerprint density at radius 2 is 1.77 bits per heavy atom. The topological polar surface area (TPSA) is 103 Å². The number of fused-ring (bicyclic) bond motifs is 2. The van der Waals surface area contributed by atoms with Crippen LogP contribution in [-0.2, 0) is 11.5 Å². The van der Waals surface area contributed by atoms with Gasteiger partial charge in [-0.05, 0) is 56.5 Å². The van der Waals surface area contributed by atoms with Gasteiger partial charge in [0.05, 0.1) is 40.7 Å². The summed E-state index contributed by atoms with van der Waals surface area (Å²) in [6.07, 6.45) is 8.42. The molecule has 2 aliphatic heterocycles. The Kier molecular flexibility index (Phi) is 8.66. The van der Waals surface area contributed by atoms with Gasteiger partial charge in [-0.15, -0.1) is 0 Å². The van der Waals surface area contributed by atoms with Gasteiger partial charge in [-0.3, -0.25) is 9.67 Å². The van der Waals surface area contributed by atoms with Crippen LogP contribution in [-0.4, -0.2) is 86.0 Å². The number of amides is 2. The van der Waals surface area contributed by atoms with E-state index in [0.29, 0.717) is 40.0 Å². The van der Waals surface area contributed by atoms with Gasteiger partial charge in [-0.1, -0.05) is 31.2 Å². The van der Waals surface area contributed by atoms with Gasteiger partial charge < -0.3 is 23.8 Å². The molecule has 0 aliphatic carbocycles. The third-order valence-electron chi connectivity index (χ3n) is 9.11. The summed E-state index contributed by atoms with van der Waals surface area (Å²) < 4.78 is 16.4. The molecule has 2 fully saturated rings. The maximum absolute atomic E-state index is 12.6. The molecule has 0 N–H and O–H groups in total. The van der Waals surface area contributed by atoms with E-state index in [4.69, 9.17) is 31.0 Å². The lowest BCUT2D eigenvalue weighted by Crippen LogP contribution is -2.51. The normalized spacial score (nSPS) is 15.9. The number of urea groups is 1. The number of piperidine rings is 1. The Morgan fingerprint density at radius 3 is 2.51 bits per heavy atom. The van der Waals surface area contributed by atoms with Crippen LogP contribution in [0, 0.1) is 6.92 Å². The first-order chi connectivity index (χ1) is 22.6. The van der Waals surface area contributed by atoms with E-state index >= 15 is 0 Å². The molecule has 5 heterocycles. The second-order valence-electron chi connectivity index (χ2n) is 13.7. The Morgan fingerprint density at radius 1 is 1.00 bits per heavy atom. The molecule has 0 radical (unpaired) electrons. The predicted molar refractivity (Wildman–Crippen MR) is 186 cm³/mol. The second-order valence-corrected chi connectivity index (χ2v) is 19.7. The molecule has 47 heavy (non-hydrogen) atoms. The van der Waals surface area contributed by atoms with E-state index in [1.807, 2.05) is 64.1 Å². The van der Waals surface area contributed by atoms with Crippen molar-refractivity contribution in [2.24, 2.45) is 0 Å². The van der Waals surface area contributed by atoms with Crippen molar-refractivity contribution in [1.82, 2.24) is 39.1 Å². The van der Waals surface area contributed by atoms with Gasteiger partial charge in [-0.2, -0.15) is 5.10 Å². The minimum absolute atomic E-state index is 0.169. The maximum Gasteiger partial charge on any atom is 0.320 e. The highest BCUT2D eigenvalue weighted by Crippen LogP contribution is 2.36. The molecule has 3 aromatic heterocycles. The lowest BCUT2D eigenvalue weighted by atomic mass is 10.1. The third-order valence-corrected chi connectivity index (χ3v) is 11.2. The maximum atomic E-state index is 12.6. The number of carbonyl (C=O) groups excluding carboxylic acids is 1. The van der Waals surface area contributed by atoms with E-state index < -0.39 is 8.07 Å². The number of aromatic nitrogens is 6. The van der Waals surface area contributed by atoms with Crippen molar-refractivity contribution in [3.63, 3.8) is 0 Å². The van der Waals surface area contributed by atoms with Gasteiger partial charge in [0, 0.05) is 58.7 Å². The molecule has 5 aromatic rings. The first-order valence-electron chi connectivity index (χ1n) is 16.4. The lowest BCUT2D eigenvalue weighted by molar-refractivity contribution is 0.0885. The van der Waals surface area contributed by atoms with E-state index in [1.165, 1.54) is 0 Å². The van der Waals surface area contributed by atoms with Crippen molar-refractivity contribution in [2.45, 2.75) is 64.6 Å². The average molecular weight is 673 g/mol. The van der Waals surface area contributed by atoms with Gasteiger partial charge in [-0.25, -0.2) is 14.8 Å². The zero-order valence-corrected chi connectivity index (χ0v) is 29.2. The number of carbonyl (C=O) groups is 1. The van der Waals surface area contributed by atoms with Gasteiger partial charge in [0.15, 0.2) is 0 Å². The van der Waals surface area contributed by atoms with Crippen molar-refractivity contribution in [2.75, 3.05) is 32.8 Å². The summed E-state index contributed by atoms with van der Waals surface area (Å²) in [5.41, 5.74) is 4.61. The summed E-state index contributed by atoms with van der Waals surface area (Å²) in [7, 11) is -1.17. The van der Waals surface area contributed by atoms with E-state index in [2.05, 4.69) is 34.3 Å². The Bertz CT molecular complexity index is 1920. The first-order valence-corrected chi connectivity index (χ1v) is 20.5. The van der Waals surface area contributed by atoms with Crippen LogP contribution in [0.25, 0.3) is 33.3 Å². The third kappa shape index (κ3) is 6.72. The molecule has 11 nitrogen and oxygen atoms in total. The second kappa shape index (κ2) is 12.9. The van der Waals surface area contributed by atoms with Gasteiger partial charge in [0.1, 0.15) is 34.6 Å². The molecule has 2 saturated heterocycles. The van der Waals surface area contributed by atoms with E-state index in [-0.39, 0.29) is 12.1 Å². The molecular weight excluding hydrogens is 632 g/mol. The smallest absolute Gasteiger partial charge is 0.320 e. The van der Waals surface area contributed by atoms with Crippen LogP contribution in [0.15, 0.2) is 48.9 Å². The van der Waals surface area contributed by atoms with Gasteiger partial charge >= 0.3 is 6.03 Å². The highest BCUT2D eigenvalue weighted by Gasteiger charge is 2.30. The zero-order chi connectivity index (χ0) is 32.7. The number of hydrogen-bond donors (Lipinski definition) is 0. The van der Waals surface area contributed by atoms with E-state index in [9.17, 15) is 4.79 Å². The molecule has 2 aliphatic rings. The van der Waals surface area contributed by atoms with Crippen LogP contribution < -0.4 is 4.74 Å². The summed E-state index contributed by atoms with van der Waals surface area (Å²) >= 11 is 6.91. The number of ether oxygens (including phenoxy) is 2. The van der Waals surface area contributed by atoms with Crippen LogP contribution in [0.4, 0.5) is 4.79 Å². The fourth-order valence-electron chi connectivity index (χ4n) is 6.05. The Hall–Kier alpha value is -4.00. The molecule has 13 heteroatoms. The fraction of sp³-hybridized carbons (Fsp3) is 0.441. The SMILES string of the molecule is Cc1nc2ccc(Oc3ccc4ncc(-c5cnn(C6CCN(C(=O)N7CCC7)CC6)c5)nc4c3Cl)cc2n1COCC[Si](C)(C)C. The number of hydrogen-bond acceptors (Lipinski definition) is 7.